The molecule has 2 heterocycles. The SMILES string of the molecule is Cn1c(=O)[nH]c2nc(Oc3cccc(CNCCO)c3)n(Cc3ccc(Cl)cc3)c2c1=O. The topological polar surface area (TPSA) is 114 Å². The molecule has 0 unspecified atom stereocenters. The average Bonchev–Trinajstić information content (AvgIpc) is 3.10. The van der Waals surface area contributed by atoms with Crippen LogP contribution in [-0.4, -0.2) is 37.4 Å². The zero-order valence-corrected chi connectivity index (χ0v) is 18.1. The van der Waals surface area contributed by atoms with Crippen molar-refractivity contribution in [3.8, 4) is 11.8 Å². The summed E-state index contributed by atoms with van der Waals surface area (Å²) in [6.45, 7) is 1.39. The highest BCUT2D eigenvalue weighted by molar-refractivity contribution is 6.30. The van der Waals surface area contributed by atoms with E-state index in [2.05, 4.69) is 15.3 Å². The monoisotopic (exact) mass is 455 g/mol. The van der Waals surface area contributed by atoms with Gasteiger partial charge in [-0.3, -0.25) is 18.9 Å². The zero-order chi connectivity index (χ0) is 22.7. The summed E-state index contributed by atoms with van der Waals surface area (Å²) in [5, 5.41) is 12.6. The van der Waals surface area contributed by atoms with Gasteiger partial charge in [0.25, 0.3) is 5.56 Å². The summed E-state index contributed by atoms with van der Waals surface area (Å²) in [6.07, 6.45) is 0. The molecule has 10 heteroatoms. The van der Waals surface area contributed by atoms with Crippen LogP contribution in [-0.2, 0) is 20.1 Å². The molecule has 9 nitrogen and oxygen atoms in total. The minimum atomic E-state index is -0.554. The van der Waals surface area contributed by atoms with Crippen LogP contribution >= 0.6 is 11.6 Å². The molecule has 2 aromatic heterocycles. The van der Waals surface area contributed by atoms with E-state index in [-0.39, 0.29) is 23.8 Å². The molecule has 3 N–H and O–H groups in total. The van der Waals surface area contributed by atoms with E-state index in [0.717, 1.165) is 15.7 Å². The van der Waals surface area contributed by atoms with Gasteiger partial charge >= 0.3 is 11.7 Å². The lowest BCUT2D eigenvalue weighted by molar-refractivity contribution is 0.292. The van der Waals surface area contributed by atoms with Crippen LogP contribution in [0.25, 0.3) is 11.2 Å². The van der Waals surface area contributed by atoms with Crippen LogP contribution < -0.4 is 21.3 Å². The molecule has 0 saturated heterocycles. The fraction of sp³-hybridized carbons (Fsp3) is 0.227. The van der Waals surface area contributed by atoms with Crippen LogP contribution in [0.4, 0.5) is 0 Å². The first kappa shape index (κ1) is 21.8. The van der Waals surface area contributed by atoms with Gasteiger partial charge in [-0.1, -0.05) is 35.9 Å². The third kappa shape index (κ3) is 4.59. The third-order valence-corrected chi connectivity index (χ3v) is 5.20. The van der Waals surface area contributed by atoms with Crippen LogP contribution in [0.15, 0.2) is 58.1 Å². The summed E-state index contributed by atoms with van der Waals surface area (Å²) in [6, 6.07) is 14.8. The summed E-state index contributed by atoms with van der Waals surface area (Å²) >= 11 is 5.99. The van der Waals surface area contributed by atoms with E-state index in [9.17, 15) is 9.59 Å². The largest absolute Gasteiger partial charge is 0.425 e. The number of benzene rings is 2. The maximum Gasteiger partial charge on any atom is 0.329 e. The van der Waals surface area contributed by atoms with Gasteiger partial charge in [0.1, 0.15) is 5.75 Å². The Morgan fingerprint density at radius 1 is 1.16 bits per heavy atom. The number of nitrogens with one attached hydrogen (secondary N) is 2. The molecule has 0 aliphatic heterocycles. The number of imidazole rings is 1. The molecule has 0 amide bonds. The molecule has 0 aliphatic carbocycles. The second-order valence-corrected chi connectivity index (χ2v) is 7.68. The number of halogens is 1. The summed E-state index contributed by atoms with van der Waals surface area (Å²) < 4.78 is 8.68. The van der Waals surface area contributed by atoms with Gasteiger partial charge in [0.05, 0.1) is 13.2 Å². The van der Waals surface area contributed by atoms with Crippen LogP contribution in [0.3, 0.4) is 0 Å². The maximum atomic E-state index is 12.9. The van der Waals surface area contributed by atoms with Crippen molar-refractivity contribution in [2.75, 3.05) is 13.2 Å². The summed E-state index contributed by atoms with van der Waals surface area (Å²) in [4.78, 5) is 31.9. The highest BCUT2D eigenvalue weighted by Crippen LogP contribution is 2.25. The van der Waals surface area contributed by atoms with Gasteiger partial charge in [0.2, 0.25) is 0 Å². The lowest BCUT2D eigenvalue weighted by Crippen LogP contribution is -2.33. The van der Waals surface area contributed by atoms with Gasteiger partial charge in [-0.25, -0.2) is 4.79 Å². The Kier molecular flexibility index (Phi) is 6.40. The number of aromatic amines is 1. The molecular formula is C22H22ClN5O4. The number of aliphatic hydroxyl groups excluding tert-OH is 1. The third-order valence-electron chi connectivity index (χ3n) is 4.95. The normalized spacial score (nSPS) is 11.2. The Labute approximate surface area is 187 Å². The Morgan fingerprint density at radius 3 is 2.69 bits per heavy atom. The van der Waals surface area contributed by atoms with Crippen molar-refractivity contribution in [1.82, 2.24) is 24.4 Å². The van der Waals surface area contributed by atoms with Crippen molar-refractivity contribution >= 4 is 22.8 Å². The zero-order valence-electron chi connectivity index (χ0n) is 17.3. The van der Waals surface area contributed by atoms with E-state index in [1.807, 2.05) is 30.3 Å². The molecule has 32 heavy (non-hydrogen) atoms. The van der Waals surface area contributed by atoms with Gasteiger partial charge in [-0.15, -0.1) is 0 Å². The molecule has 166 valence electrons. The van der Waals surface area contributed by atoms with Crippen molar-refractivity contribution in [2.45, 2.75) is 13.1 Å². The van der Waals surface area contributed by atoms with E-state index in [1.54, 1.807) is 22.8 Å². The van der Waals surface area contributed by atoms with Gasteiger partial charge in [0, 0.05) is 25.2 Å². The number of aliphatic hydroxyl groups is 1. The first-order valence-electron chi connectivity index (χ1n) is 9.98. The molecule has 0 atom stereocenters. The number of ether oxygens (including phenoxy) is 1. The van der Waals surface area contributed by atoms with Crippen LogP contribution in [0, 0.1) is 0 Å². The smallest absolute Gasteiger partial charge is 0.329 e. The molecule has 0 fully saturated rings. The van der Waals surface area contributed by atoms with E-state index >= 15 is 0 Å². The number of nitrogens with zero attached hydrogens (tertiary/aromatic N) is 3. The molecule has 0 saturated carbocycles. The average molecular weight is 456 g/mol. The minimum absolute atomic E-state index is 0.0536. The van der Waals surface area contributed by atoms with Crippen molar-refractivity contribution in [3.05, 3.63) is 85.5 Å². The quantitative estimate of drug-likeness (QED) is 0.350. The summed E-state index contributed by atoms with van der Waals surface area (Å²) in [7, 11) is 1.41. The van der Waals surface area contributed by atoms with Crippen molar-refractivity contribution < 1.29 is 9.84 Å². The minimum Gasteiger partial charge on any atom is -0.425 e. The first-order valence-corrected chi connectivity index (χ1v) is 10.4. The van der Waals surface area contributed by atoms with Gasteiger partial charge < -0.3 is 15.2 Å². The Morgan fingerprint density at radius 2 is 1.94 bits per heavy atom. The van der Waals surface area contributed by atoms with Gasteiger partial charge in [-0.05, 0) is 35.4 Å². The second-order valence-electron chi connectivity index (χ2n) is 7.25. The van der Waals surface area contributed by atoms with Crippen LogP contribution in [0.2, 0.25) is 5.02 Å². The van der Waals surface area contributed by atoms with E-state index in [1.165, 1.54) is 7.05 Å². The fourth-order valence-electron chi connectivity index (χ4n) is 3.31. The predicted molar refractivity (Wildman–Crippen MR) is 121 cm³/mol. The molecular weight excluding hydrogens is 434 g/mol. The molecule has 4 rings (SSSR count). The van der Waals surface area contributed by atoms with E-state index in [0.29, 0.717) is 30.4 Å². The highest BCUT2D eigenvalue weighted by atomic mass is 35.5. The number of hydrogen-bond donors (Lipinski definition) is 3. The summed E-state index contributed by atoms with van der Waals surface area (Å²) in [5.74, 6) is 0.528. The van der Waals surface area contributed by atoms with Crippen molar-refractivity contribution in [1.29, 1.82) is 0 Å². The lowest BCUT2D eigenvalue weighted by Gasteiger charge is -2.11. The number of rotatable bonds is 8. The molecule has 0 aliphatic rings. The molecule has 4 aromatic rings. The number of fused-ring (bicyclic) bond motifs is 1. The van der Waals surface area contributed by atoms with Gasteiger partial charge in [-0.2, -0.15) is 4.98 Å². The van der Waals surface area contributed by atoms with Crippen molar-refractivity contribution in [2.24, 2.45) is 7.05 Å². The second kappa shape index (κ2) is 9.39. The Balaban J connectivity index is 1.76. The standard InChI is InChI=1S/C22H22ClN5O4/c1-27-20(30)18-19(25-21(27)31)26-22(28(18)13-14-5-7-16(23)8-6-14)32-17-4-2-3-15(11-17)12-24-9-10-29/h2-8,11,24,29H,9-10,12-13H2,1H3,(H,25,31). The first-order chi connectivity index (χ1) is 15.5. The molecule has 2 aromatic carbocycles. The number of H-pyrrole nitrogens is 1. The Hall–Kier alpha value is -3.40. The van der Waals surface area contributed by atoms with Crippen LogP contribution in [0.5, 0.6) is 11.8 Å². The number of aromatic nitrogens is 4. The molecule has 0 bridgehead atoms. The van der Waals surface area contributed by atoms with Gasteiger partial charge in [0.15, 0.2) is 11.2 Å². The molecule has 0 spiro atoms. The van der Waals surface area contributed by atoms with E-state index < -0.39 is 11.2 Å². The van der Waals surface area contributed by atoms with Crippen molar-refractivity contribution in [3.63, 3.8) is 0 Å². The highest BCUT2D eigenvalue weighted by Gasteiger charge is 2.19. The molecule has 0 radical (unpaired) electrons. The maximum absolute atomic E-state index is 12.9. The van der Waals surface area contributed by atoms with E-state index in [4.69, 9.17) is 21.4 Å². The fourth-order valence-corrected chi connectivity index (χ4v) is 3.43. The lowest BCUT2D eigenvalue weighted by atomic mass is 10.2. The van der Waals surface area contributed by atoms with Crippen LogP contribution in [0.1, 0.15) is 11.1 Å². The Bertz CT molecular complexity index is 1360. The number of hydrogen-bond acceptors (Lipinski definition) is 6. The summed E-state index contributed by atoms with van der Waals surface area (Å²) in [5.41, 5.74) is 1.21. The predicted octanol–water partition coefficient (Wildman–Crippen LogP) is 2.00.